The number of hydrogen-bond acceptors (Lipinski definition) is 4. The van der Waals surface area contributed by atoms with Crippen molar-refractivity contribution in [3.8, 4) is 0 Å². The number of rotatable bonds is 5. The van der Waals surface area contributed by atoms with Crippen molar-refractivity contribution in [2.24, 2.45) is 0 Å². The largest absolute Gasteiger partial charge is 0.367 e. The highest BCUT2D eigenvalue weighted by atomic mass is 32.2. The van der Waals surface area contributed by atoms with Crippen LogP contribution in [0.15, 0.2) is 71.7 Å². The van der Waals surface area contributed by atoms with Gasteiger partial charge in [0.25, 0.3) is 11.1 Å². The zero-order chi connectivity index (χ0) is 17.6. The lowest BCUT2D eigenvalue weighted by atomic mass is 10.2. The van der Waals surface area contributed by atoms with Crippen molar-refractivity contribution in [2.45, 2.75) is 6.92 Å². The molecule has 0 saturated carbocycles. The summed E-state index contributed by atoms with van der Waals surface area (Å²) in [5.41, 5.74) is 3.04. The molecule has 2 aromatic rings. The average molecular weight is 350 g/mol. The monoisotopic (exact) mass is 350 g/mol. The van der Waals surface area contributed by atoms with Gasteiger partial charge in [0, 0.05) is 5.69 Å². The number of allylic oxidation sites excluding steroid dienone is 2. The number of amides is 2. The number of hydrogen-bond donors (Lipinski definition) is 1. The maximum absolute atomic E-state index is 12.4. The number of anilines is 1. The first-order valence-corrected chi connectivity index (χ1v) is 8.73. The summed E-state index contributed by atoms with van der Waals surface area (Å²) in [6.07, 6.45) is 5.38. The predicted molar refractivity (Wildman–Crippen MR) is 103 cm³/mol. The van der Waals surface area contributed by atoms with Crippen LogP contribution in [-0.4, -0.2) is 22.7 Å². The molecule has 126 valence electrons. The topological polar surface area (TPSA) is 49.4 Å². The molecule has 1 aliphatic heterocycles. The first-order valence-electron chi connectivity index (χ1n) is 7.91. The standard InChI is InChI=1S/C20H18N2O2S/c1-15-7-5-11-17(13-15)21-14-22-19(23)18(25-20(22)24)12-6-10-16-8-3-2-4-9-16/h2-13,21H,14H2,1H3. The SMILES string of the molecule is Cc1cccc(NCN2C(=O)SC(=CC=Cc3ccccc3)C2=O)c1. The van der Waals surface area contributed by atoms with Crippen molar-refractivity contribution < 1.29 is 9.59 Å². The molecule has 0 spiro atoms. The van der Waals surface area contributed by atoms with Gasteiger partial charge >= 0.3 is 0 Å². The number of thioether (sulfide) groups is 1. The average Bonchev–Trinajstić information content (AvgIpc) is 2.88. The molecular formula is C20H18N2O2S. The van der Waals surface area contributed by atoms with Crippen molar-refractivity contribution in [3.63, 3.8) is 0 Å². The fraction of sp³-hybridized carbons (Fsp3) is 0.100. The van der Waals surface area contributed by atoms with Gasteiger partial charge in [0.1, 0.15) is 0 Å². The van der Waals surface area contributed by atoms with Gasteiger partial charge < -0.3 is 5.32 Å². The molecule has 25 heavy (non-hydrogen) atoms. The van der Waals surface area contributed by atoms with Crippen LogP contribution in [0.5, 0.6) is 0 Å². The molecule has 1 N–H and O–H groups in total. The summed E-state index contributed by atoms with van der Waals surface area (Å²) >= 11 is 0.963. The molecule has 0 radical (unpaired) electrons. The Morgan fingerprint density at radius 3 is 2.64 bits per heavy atom. The number of carbonyl (C=O) groups is 2. The van der Waals surface area contributed by atoms with Gasteiger partial charge in [-0.2, -0.15) is 0 Å². The highest BCUT2D eigenvalue weighted by Crippen LogP contribution is 2.30. The number of imide groups is 1. The number of carbonyl (C=O) groups excluding carboxylic acids is 2. The molecular weight excluding hydrogens is 332 g/mol. The molecule has 2 aromatic carbocycles. The van der Waals surface area contributed by atoms with Crippen molar-refractivity contribution in [1.82, 2.24) is 4.90 Å². The van der Waals surface area contributed by atoms with Crippen molar-refractivity contribution in [2.75, 3.05) is 12.0 Å². The second-order valence-corrected chi connectivity index (χ2v) is 6.60. The summed E-state index contributed by atoms with van der Waals surface area (Å²) in [4.78, 5) is 26.1. The fourth-order valence-corrected chi connectivity index (χ4v) is 3.18. The first kappa shape index (κ1) is 17.0. The summed E-state index contributed by atoms with van der Waals surface area (Å²) in [6.45, 7) is 2.15. The fourth-order valence-electron chi connectivity index (χ4n) is 2.39. The quantitative estimate of drug-likeness (QED) is 0.797. The molecule has 1 fully saturated rings. The lowest BCUT2D eigenvalue weighted by Crippen LogP contribution is -2.33. The van der Waals surface area contributed by atoms with E-state index in [1.807, 2.05) is 67.6 Å². The number of benzene rings is 2. The Morgan fingerprint density at radius 1 is 1.08 bits per heavy atom. The van der Waals surface area contributed by atoms with Crippen molar-refractivity contribution >= 4 is 34.7 Å². The van der Waals surface area contributed by atoms with Crippen molar-refractivity contribution in [1.29, 1.82) is 0 Å². The van der Waals surface area contributed by atoms with Gasteiger partial charge in [0.05, 0.1) is 11.6 Å². The minimum Gasteiger partial charge on any atom is -0.367 e. The minimum atomic E-state index is -0.270. The first-order chi connectivity index (χ1) is 12.1. The molecule has 1 saturated heterocycles. The van der Waals surface area contributed by atoms with Crippen LogP contribution in [0.4, 0.5) is 10.5 Å². The Hall–Kier alpha value is -2.79. The van der Waals surface area contributed by atoms with E-state index in [-0.39, 0.29) is 17.8 Å². The highest BCUT2D eigenvalue weighted by Gasteiger charge is 2.34. The summed E-state index contributed by atoms with van der Waals surface area (Å²) in [6, 6.07) is 17.6. The van der Waals surface area contributed by atoms with E-state index in [4.69, 9.17) is 0 Å². The molecule has 0 unspecified atom stereocenters. The molecule has 5 heteroatoms. The van der Waals surface area contributed by atoms with Crippen LogP contribution < -0.4 is 5.32 Å². The normalized spacial score (nSPS) is 16.2. The smallest absolute Gasteiger partial charge is 0.295 e. The Bertz CT molecular complexity index is 844. The van der Waals surface area contributed by atoms with E-state index < -0.39 is 0 Å². The van der Waals surface area contributed by atoms with E-state index in [1.165, 1.54) is 4.90 Å². The van der Waals surface area contributed by atoms with Crippen LogP contribution in [0.2, 0.25) is 0 Å². The number of aryl methyl sites for hydroxylation is 1. The zero-order valence-corrected chi connectivity index (χ0v) is 14.6. The Labute approximate surface area is 151 Å². The third-order valence-corrected chi connectivity index (χ3v) is 4.59. The molecule has 3 rings (SSSR count). The second kappa shape index (κ2) is 7.85. The minimum absolute atomic E-state index is 0.161. The second-order valence-electron chi connectivity index (χ2n) is 5.61. The van der Waals surface area contributed by atoms with Gasteiger partial charge in [-0.05, 0) is 48.0 Å². The summed E-state index contributed by atoms with van der Waals surface area (Å²) in [7, 11) is 0. The van der Waals surface area contributed by atoms with E-state index in [2.05, 4.69) is 5.32 Å². The Balaban J connectivity index is 1.63. The molecule has 0 atom stereocenters. The van der Waals surface area contributed by atoms with E-state index in [1.54, 1.807) is 12.2 Å². The van der Waals surface area contributed by atoms with E-state index in [0.717, 1.165) is 28.6 Å². The third-order valence-electron chi connectivity index (χ3n) is 3.67. The lowest BCUT2D eigenvalue weighted by Gasteiger charge is -2.14. The molecule has 4 nitrogen and oxygen atoms in total. The summed E-state index contributed by atoms with van der Waals surface area (Å²) in [5, 5.41) is 2.86. The third kappa shape index (κ3) is 4.39. The van der Waals surface area contributed by atoms with Crippen LogP contribution in [0.25, 0.3) is 6.08 Å². The lowest BCUT2D eigenvalue weighted by molar-refractivity contribution is -0.122. The van der Waals surface area contributed by atoms with Gasteiger partial charge in [-0.25, -0.2) is 0 Å². The maximum Gasteiger partial charge on any atom is 0.295 e. The molecule has 2 amide bonds. The number of nitrogens with one attached hydrogen (secondary N) is 1. The van der Waals surface area contributed by atoms with Gasteiger partial charge in [-0.3, -0.25) is 14.5 Å². The van der Waals surface area contributed by atoms with E-state index in [0.29, 0.717) is 4.91 Å². The van der Waals surface area contributed by atoms with Crippen LogP contribution in [0.3, 0.4) is 0 Å². The predicted octanol–water partition coefficient (Wildman–Crippen LogP) is 4.66. The molecule has 1 aliphatic rings. The summed E-state index contributed by atoms with van der Waals surface area (Å²) in [5.74, 6) is -0.270. The van der Waals surface area contributed by atoms with E-state index >= 15 is 0 Å². The zero-order valence-electron chi connectivity index (χ0n) is 13.8. The van der Waals surface area contributed by atoms with Gasteiger partial charge in [0.15, 0.2) is 0 Å². The van der Waals surface area contributed by atoms with Gasteiger partial charge in [-0.15, -0.1) is 0 Å². The molecule has 0 bridgehead atoms. The Morgan fingerprint density at radius 2 is 1.88 bits per heavy atom. The molecule has 0 aliphatic carbocycles. The van der Waals surface area contributed by atoms with Gasteiger partial charge in [-0.1, -0.05) is 54.6 Å². The van der Waals surface area contributed by atoms with Crippen LogP contribution in [0, 0.1) is 6.92 Å². The Kier molecular flexibility index (Phi) is 5.36. The molecule has 0 aromatic heterocycles. The summed E-state index contributed by atoms with van der Waals surface area (Å²) < 4.78 is 0. The van der Waals surface area contributed by atoms with Gasteiger partial charge in [0.2, 0.25) is 0 Å². The number of nitrogens with zero attached hydrogens (tertiary/aromatic N) is 1. The maximum atomic E-state index is 12.4. The van der Waals surface area contributed by atoms with E-state index in [9.17, 15) is 9.59 Å². The molecule has 1 heterocycles. The van der Waals surface area contributed by atoms with Crippen LogP contribution in [-0.2, 0) is 4.79 Å². The van der Waals surface area contributed by atoms with Crippen molar-refractivity contribution in [3.05, 3.63) is 82.8 Å². The van der Waals surface area contributed by atoms with Crippen LogP contribution in [0.1, 0.15) is 11.1 Å². The van der Waals surface area contributed by atoms with Crippen LogP contribution >= 0.6 is 11.8 Å². The highest BCUT2D eigenvalue weighted by molar-refractivity contribution is 8.18.